The van der Waals surface area contributed by atoms with Gasteiger partial charge in [-0.05, 0) is 30.2 Å². The molecule has 3 heterocycles. The molecule has 0 aromatic carbocycles. The Bertz CT molecular complexity index is 685. The number of ether oxygens (including phenoxy) is 1. The summed E-state index contributed by atoms with van der Waals surface area (Å²) in [5.74, 6) is 2.10. The third kappa shape index (κ3) is 2.69. The average molecular weight is 316 g/mol. The second-order valence-corrected chi connectivity index (χ2v) is 7.86. The Balaban J connectivity index is 1.53. The van der Waals surface area contributed by atoms with Gasteiger partial charge in [-0.3, -0.25) is 5.10 Å². The highest BCUT2D eigenvalue weighted by Crippen LogP contribution is 2.40. The summed E-state index contributed by atoms with van der Waals surface area (Å²) in [5.41, 5.74) is 2.60. The second-order valence-electron chi connectivity index (χ2n) is 7.86. The van der Waals surface area contributed by atoms with Gasteiger partial charge in [-0.25, -0.2) is 0 Å². The van der Waals surface area contributed by atoms with E-state index >= 15 is 0 Å². The third-order valence-electron chi connectivity index (χ3n) is 5.10. The Labute approximate surface area is 136 Å². The van der Waals surface area contributed by atoms with Crippen molar-refractivity contribution in [3.05, 3.63) is 29.2 Å². The smallest absolute Gasteiger partial charge is 0.230 e. The van der Waals surface area contributed by atoms with Gasteiger partial charge < -0.3 is 9.26 Å². The van der Waals surface area contributed by atoms with Gasteiger partial charge in [-0.1, -0.05) is 25.9 Å². The van der Waals surface area contributed by atoms with Gasteiger partial charge in [0.1, 0.15) is 0 Å². The maximum atomic E-state index is 5.94. The molecule has 6 heteroatoms. The SMILES string of the molecule is CC(C)(C)[C@H]1OCC[C@@H]1c1noc([C@@H]2CCc3cn[nH]c3C2)n1. The van der Waals surface area contributed by atoms with Crippen LogP contribution in [0, 0.1) is 5.41 Å². The Kier molecular flexibility index (Phi) is 3.52. The molecule has 23 heavy (non-hydrogen) atoms. The van der Waals surface area contributed by atoms with Crippen molar-refractivity contribution in [1.82, 2.24) is 20.3 Å². The van der Waals surface area contributed by atoms with E-state index in [1.54, 1.807) is 0 Å². The van der Waals surface area contributed by atoms with Crippen molar-refractivity contribution in [1.29, 1.82) is 0 Å². The summed E-state index contributed by atoms with van der Waals surface area (Å²) in [6.07, 6.45) is 6.01. The van der Waals surface area contributed by atoms with Gasteiger partial charge >= 0.3 is 0 Å². The van der Waals surface area contributed by atoms with Crippen LogP contribution in [0.15, 0.2) is 10.7 Å². The molecule has 4 rings (SSSR count). The Morgan fingerprint density at radius 2 is 2.13 bits per heavy atom. The minimum atomic E-state index is 0.0810. The van der Waals surface area contributed by atoms with Gasteiger partial charge in [0.15, 0.2) is 5.82 Å². The summed E-state index contributed by atoms with van der Waals surface area (Å²) >= 11 is 0. The van der Waals surface area contributed by atoms with Gasteiger partial charge in [0.2, 0.25) is 5.89 Å². The van der Waals surface area contributed by atoms with E-state index in [0.29, 0.717) is 5.92 Å². The highest BCUT2D eigenvalue weighted by Gasteiger charge is 2.41. The summed E-state index contributed by atoms with van der Waals surface area (Å²) in [4.78, 5) is 4.74. The van der Waals surface area contributed by atoms with E-state index < -0.39 is 0 Å². The quantitative estimate of drug-likeness (QED) is 0.921. The van der Waals surface area contributed by atoms with Crippen molar-refractivity contribution in [3.8, 4) is 0 Å². The molecule has 0 amide bonds. The highest BCUT2D eigenvalue weighted by molar-refractivity contribution is 5.22. The fourth-order valence-electron chi connectivity index (χ4n) is 3.89. The molecule has 6 nitrogen and oxygen atoms in total. The molecule has 0 unspecified atom stereocenters. The predicted octanol–water partition coefficient (Wildman–Crippen LogP) is 2.98. The molecule has 3 atom stereocenters. The lowest BCUT2D eigenvalue weighted by Gasteiger charge is -2.29. The summed E-state index contributed by atoms with van der Waals surface area (Å²) in [6.45, 7) is 7.39. The number of hydrogen-bond acceptors (Lipinski definition) is 5. The number of rotatable bonds is 2. The van der Waals surface area contributed by atoms with Crippen molar-refractivity contribution in [3.63, 3.8) is 0 Å². The molecular formula is C17H24N4O2. The van der Waals surface area contributed by atoms with E-state index in [2.05, 4.69) is 36.1 Å². The summed E-state index contributed by atoms with van der Waals surface area (Å²) in [7, 11) is 0. The van der Waals surface area contributed by atoms with Gasteiger partial charge in [-0.2, -0.15) is 10.1 Å². The second kappa shape index (κ2) is 5.44. The van der Waals surface area contributed by atoms with Crippen LogP contribution in [0.2, 0.25) is 0 Å². The zero-order chi connectivity index (χ0) is 16.0. The highest BCUT2D eigenvalue weighted by atomic mass is 16.5. The van der Waals surface area contributed by atoms with E-state index in [4.69, 9.17) is 14.2 Å². The molecule has 2 aromatic heterocycles. The first-order valence-electron chi connectivity index (χ1n) is 8.48. The summed E-state index contributed by atoms with van der Waals surface area (Å²) < 4.78 is 11.6. The first-order chi connectivity index (χ1) is 11.0. The predicted molar refractivity (Wildman–Crippen MR) is 84.2 cm³/mol. The largest absolute Gasteiger partial charge is 0.377 e. The first-order valence-corrected chi connectivity index (χ1v) is 8.48. The monoisotopic (exact) mass is 316 g/mol. The van der Waals surface area contributed by atoms with E-state index in [9.17, 15) is 0 Å². The summed E-state index contributed by atoms with van der Waals surface area (Å²) in [6, 6.07) is 0. The number of aromatic amines is 1. The molecule has 0 radical (unpaired) electrons. The van der Waals surface area contributed by atoms with Gasteiger partial charge in [0.25, 0.3) is 0 Å². The normalized spacial score (nSPS) is 28.0. The van der Waals surface area contributed by atoms with Crippen molar-refractivity contribution in [2.75, 3.05) is 6.61 Å². The lowest BCUT2D eigenvalue weighted by atomic mass is 9.81. The minimum Gasteiger partial charge on any atom is -0.377 e. The maximum absolute atomic E-state index is 5.94. The van der Waals surface area contributed by atoms with E-state index in [1.807, 2.05) is 6.20 Å². The Morgan fingerprint density at radius 3 is 2.96 bits per heavy atom. The molecule has 1 aliphatic heterocycles. The zero-order valence-corrected chi connectivity index (χ0v) is 14.0. The molecule has 0 spiro atoms. The van der Waals surface area contributed by atoms with Crippen molar-refractivity contribution in [2.24, 2.45) is 5.41 Å². The van der Waals surface area contributed by atoms with Gasteiger partial charge in [0.05, 0.1) is 18.2 Å². The van der Waals surface area contributed by atoms with Crippen LogP contribution < -0.4 is 0 Å². The number of hydrogen-bond donors (Lipinski definition) is 1. The molecule has 1 fully saturated rings. The standard InChI is InChI=1S/C17H24N4O2/c1-17(2,3)14-12(6-7-22-14)15-19-16(23-21-15)10-4-5-11-9-18-20-13(11)8-10/h9-10,12,14H,4-8H2,1-3H3,(H,18,20)/t10-,12+,14+/m1/s1. The lowest BCUT2D eigenvalue weighted by molar-refractivity contribution is 0.0193. The number of aromatic nitrogens is 4. The van der Waals surface area contributed by atoms with Crippen LogP contribution in [-0.4, -0.2) is 33.0 Å². The molecular weight excluding hydrogens is 292 g/mol. The molecule has 1 N–H and O–H groups in total. The number of H-pyrrole nitrogens is 1. The molecule has 2 aromatic rings. The molecule has 0 bridgehead atoms. The van der Waals surface area contributed by atoms with Gasteiger partial charge in [-0.15, -0.1) is 0 Å². The van der Waals surface area contributed by atoms with Crippen LogP contribution in [0.1, 0.15) is 68.4 Å². The maximum Gasteiger partial charge on any atom is 0.230 e. The molecule has 2 aliphatic rings. The van der Waals surface area contributed by atoms with E-state index in [1.165, 1.54) is 11.3 Å². The first kappa shape index (κ1) is 14.9. The van der Waals surface area contributed by atoms with Gasteiger partial charge in [0, 0.05) is 24.6 Å². The van der Waals surface area contributed by atoms with Crippen LogP contribution >= 0.6 is 0 Å². The topological polar surface area (TPSA) is 76.8 Å². The van der Waals surface area contributed by atoms with Crippen molar-refractivity contribution in [2.45, 2.75) is 64.4 Å². The van der Waals surface area contributed by atoms with E-state index in [-0.39, 0.29) is 17.4 Å². The fourth-order valence-corrected chi connectivity index (χ4v) is 3.89. The number of nitrogens with one attached hydrogen (secondary N) is 1. The van der Waals surface area contributed by atoms with Crippen molar-refractivity contribution >= 4 is 0 Å². The zero-order valence-electron chi connectivity index (χ0n) is 14.0. The fraction of sp³-hybridized carbons (Fsp3) is 0.706. The van der Waals surface area contributed by atoms with Crippen LogP contribution in [0.25, 0.3) is 0 Å². The minimum absolute atomic E-state index is 0.0810. The number of nitrogens with zero attached hydrogens (tertiary/aromatic N) is 3. The average Bonchev–Trinajstić information content (AvgIpc) is 3.24. The Morgan fingerprint density at radius 1 is 1.26 bits per heavy atom. The number of fused-ring (bicyclic) bond motifs is 1. The van der Waals surface area contributed by atoms with Crippen LogP contribution in [0.3, 0.4) is 0 Å². The summed E-state index contributed by atoms with van der Waals surface area (Å²) in [5, 5.41) is 11.5. The van der Waals surface area contributed by atoms with Crippen molar-refractivity contribution < 1.29 is 9.26 Å². The Hall–Kier alpha value is -1.69. The van der Waals surface area contributed by atoms with Crippen LogP contribution in [-0.2, 0) is 17.6 Å². The molecule has 1 aliphatic carbocycles. The molecule has 0 saturated carbocycles. The number of aryl methyl sites for hydroxylation is 1. The van der Waals surface area contributed by atoms with Crippen LogP contribution in [0.4, 0.5) is 0 Å². The molecule has 1 saturated heterocycles. The van der Waals surface area contributed by atoms with Crippen LogP contribution in [0.5, 0.6) is 0 Å². The molecule has 124 valence electrons. The van der Waals surface area contributed by atoms with E-state index in [0.717, 1.165) is 44.0 Å². The lowest BCUT2D eigenvalue weighted by Crippen LogP contribution is -2.30. The third-order valence-corrected chi connectivity index (χ3v) is 5.10.